The molecule has 2 aliphatic rings. The van der Waals surface area contributed by atoms with E-state index in [9.17, 15) is 14.4 Å². The number of carbonyl (C=O) groups is 3. The first-order valence-corrected chi connectivity index (χ1v) is 8.86. The van der Waals surface area contributed by atoms with Gasteiger partial charge in [0.05, 0.1) is 18.4 Å². The van der Waals surface area contributed by atoms with Crippen molar-refractivity contribution < 1.29 is 19.1 Å². The molecule has 1 fully saturated rings. The fraction of sp³-hybridized carbons (Fsp3) is 0.389. The van der Waals surface area contributed by atoms with Gasteiger partial charge in [0.2, 0.25) is 5.91 Å². The van der Waals surface area contributed by atoms with Crippen LogP contribution in [0.3, 0.4) is 0 Å². The van der Waals surface area contributed by atoms with Gasteiger partial charge in [0.1, 0.15) is 11.5 Å². The molecule has 1 saturated heterocycles. The van der Waals surface area contributed by atoms with Crippen LogP contribution in [0.4, 0.5) is 0 Å². The van der Waals surface area contributed by atoms with Gasteiger partial charge in [-0.05, 0) is 18.1 Å². The maximum Gasteiger partial charge on any atom is 0.354 e. The lowest BCUT2D eigenvalue weighted by atomic mass is 9.89. The summed E-state index contributed by atoms with van der Waals surface area (Å²) in [7, 11) is 1.31. The Labute approximate surface area is 145 Å². The van der Waals surface area contributed by atoms with Crippen LogP contribution in [0.1, 0.15) is 18.9 Å². The Morgan fingerprint density at radius 1 is 1.29 bits per heavy atom. The largest absolute Gasteiger partial charge is 0.464 e. The van der Waals surface area contributed by atoms with Gasteiger partial charge < -0.3 is 4.74 Å². The summed E-state index contributed by atoms with van der Waals surface area (Å²) in [5.41, 5.74) is 2.14. The number of nitrogens with zero attached hydrogens (tertiary/aromatic N) is 1. The van der Waals surface area contributed by atoms with Crippen molar-refractivity contribution in [3.8, 4) is 0 Å². The van der Waals surface area contributed by atoms with Gasteiger partial charge in [0, 0.05) is 18.6 Å². The zero-order valence-electron chi connectivity index (χ0n) is 13.7. The first-order chi connectivity index (χ1) is 11.5. The van der Waals surface area contributed by atoms with Gasteiger partial charge in [0.25, 0.3) is 0 Å². The predicted molar refractivity (Wildman–Crippen MR) is 91.1 cm³/mol. The van der Waals surface area contributed by atoms with E-state index in [0.29, 0.717) is 17.9 Å². The SMILES string of the molecule is COC(=O)C1=C(C)CSC2C(CC(=O)Cc3ccccc3)C(=O)N12. The zero-order chi connectivity index (χ0) is 17.3. The molecule has 0 bridgehead atoms. The number of rotatable bonds is 5. The fourth-order valence-corrected chi connectivity index (χ4v) is 4.50. The molecule has 2 heterocycles. The Morgan fingerprint density at radius 2 is 2.00 bits per heavy atom. The molecule has 5 nitrogen and oxygen atoms in total. The molecule has 0 saturated carbocycles. The Hall–Kier alpha value is -2.08. The monoisotopic (exact) mass is 345 g/mol. The number of thioether (sulfide) groups is 1. The molecule has 0 aromatic heterocycles. The first-order valence-electron chi connectivity index (χ1n) is 7.81. The summed E-state index contributed by atoms with van der Waals surface area (Å²) in [5.74, 6) is -0.277. The van der Waals surface area contributed by atoms with E-state index in [2.05, 4.69) is 0 Å². The number of Topliss-reactive ketones (excluding diaryl/α,β-unsaturated/α-hetero) is 1. The van der Waals surface area contributed by atoms with Crippen molar-refractivity contribution in [1.82, 2.24) is 4.90 Å². The first kappa shape index (κ1) is 16.8. The number of ether oxygens (including phenoxy) is 1. The third kappa shape index (κ3) is 2.98. The maximum absolute atomic E-state index is 12.5. The molecule has 126 valence electrons. The van der Waals surface area contributed by atoms with Gasteiger partial charge in [-0.3, -0.25) is 14.5 Å². The summed E-state index contributed by atoms with van der Waals surface area (Å²) >= 11 is 1.60. The highest BCUT2D eigenvalue weighted by Crippen LogP contribution is 2.45. The summed E-state index contributed by atoms with van der Waals surface area (Å²) in [6.45, 7) is 1.83. The summed E-state index contributed by atoms with van der Waals surface area (Å²) < 4.78 is 4.79. The van der Waals surface area contributed by atoms with E-state index < -0.39 is 5.97 Å². The highest BCUT2D eigenvalue weighted by atomic mass is 32.2. The average molecular weight is 345 g/mol. The number of esters is 1. The fourth-order valence-electron chi connectivity index (χ4n) is 3.13. The molecule has 6 heteroatoms. The number of amides is 1. The van der Waals surface area contributed by atoms with Crippen LogP contribution in [0.5, 0.6) is 0 Å². The molecular formula is C18H19NO4S. The van der Waals surface area contributed by atoms with Crippen LogP contribution in [0.15, 0.2) is 41.6 Å². The Morgan fingerprint density at radius 3 is 2.67 bits per heavy atom. The van der Waals surface area contributed by atoms with Gasteiger partial charge in [-0.15, -0.1) is 11.8 Å². The summed E-state index contributed by atoms with van der Waals surface area (Å²) in [4.78, 5) is 38.2. The van der Waals surface area contributed by atoms with Crippen LogP contribution >= 0.6 is 11.8 Å². The van der Waals surface area contributed by atoms with Crippen molar-refractivity contribution in [1.29, 1.82) is 0 Å². The lowest BCUT2D eigenvalue weighted by Gasteiger charge is -2.49. The van der Waals surface area contributed by atoms with Gasteiger partial charge in [-0.25, -0.2) is 4.79 Å². The summed E-state index contributed by atoms with van der Waals surface area (Å²) in [6.07, 6.45) is 0.552. The van der Waals surface area contributed by atoms with Crippen molar-refractivity contribution in [3.05, 3.63) is 47.2 Å². The normalized spacial score (nSPS) is 22.8. The Kier molecular flexibility index (Phi) is 4.76. The predicted octanol–water partition coefficient (Wildman–Crippen LogP) is 2.17. The quantitative estimate of drug-likeness (QED) is 0.604. The lowest BCUT2D eigenvalue weighted by Crippen LogP contribution is -2.61. The molecular weight excluding hydrogens is 326 g/mol. The van der Waals surface area contributed by atoms with Crippen molar-refractivity contribution in [2.24, 2.45) is 5.92 Å². The molecule has 1 amide bonds. The minimum Gasteiger partial charge on any atom is -0.464 e. The van der Waals surface area contributed by atoms with E-state index in [0.717, 1.165) is 11.1 Å². The Balaban J connectivity index is 1.67. The van der Waals surface area contributed by atoms with E-state index in [1.807, 2.05) is 37.3 Å². The van der Waals surface area contributed by atoms with Crippen molar-refractivity contribution >= 4 is 29.4 Å². The minimum absolute atomic E-state index is 0.0469. The van der Waals surface area contributed by atoms with Crippen molar-refractivity contribution in [3.63, 3.8) is 0 Å². The average Bonchev–Trinajstić information content (AvgIpc) is 2.59. The molecule has 0 N–H and O–H groups in total. The third-order valence-corrected chi connectivity index (χ3v) is 5.82. The minimum atomic E-state index is -0.486. The molecule has 0 spiro atoms. The van der Waals surface area contributed by atoms with Crippen LogP contribution in [-0.2, 0) is 25.5 Å². The topological polar surface area (TPSA) is 63.7 Å². The number of fused-ring (bicyclic) bond motifs is 1. The number of β-lactam (4-membered cyclic amide) rings is 1. The van der Waals surface area contributed by atoms with E-state index >= 15 is 0 Å². The second-order valence-corrected chi connectivity index (χ2v) is 7.15. The van der Waals surface area contributed by atoms with E-state index in [-0.39, 0.29) is 29.4 Å². The number of benzene rings is 1. The van der Waals surface area contributed by atoms with E-state index in [1.165, 1.54) is 12.0 Å². The zero-order valence-corrected chi connectivity index (χ0v) is 14.5. The molecule has 0 aliphatic carbocycles. The van der Waals surface area contributed by atoms with Crippen LogP contribution in [0, 0.1) is 5.92 Å². The van der Waals surface area contributed by atoms with Crippen LogP contribution in [-0.4, -0.2) is 40.8 Å². The number of hydrogen-bond acceptors (Lipinski definition) is 5. The van der Waals surface area contributed by atoms with Crippen LogP contribution in [0.2, 0.25) is 0 Å². The van der Waals surface area contributed by atoms with Gasteiger partial charge in [-0.2, -0.15) is 0 Å². The lowest BCUT2D eigenvalue weighted by molar-refractivity contribution is -0.154. The molecule has 1 aromatic carbocycles. The van der Waals surface area contributed by atoms with Gasteiger partial charge >= 0.3 is 5.97 Å². The standard InChI is InChI=1S/C18H19NO4S/c1-11-10-24-17-14(16(21)19(17)15(11)18(22)23-2)9-13(20)8-12-6-4-3-5-7-12/h3-7,14,17H,8-10H2,1-2H3. The highest BCUT2D eigenvalue weighted by molar-refractivity contribution is 8.00. The molecule has 2 aliphatic heterocycles. The van der Waals surface area contributed by atoms with E-state index in [1.54, 1.807) is 11.8 Å². The number of hydrogen-bond donors (Lipinski definition) is 0. The molecule has 24 heavy (non-hydrogen) atoms. The number of carbonyl (C=O) groups excluding carboxylic acids is 3. The Bertz CT molecular complexity index is 713. The molecule has 1 aromatic rings. The van der Waals surface area contributed by atoms with Crippen LogP contribution < -0.4 is 0 Å². The number of ketones is 1. The maximum atomic E-state index is 12.5. The van der Waals surface area contributed by atoms with Crippen LogP contribution in [0.25, 0.3) is 0 Å². The van der Waals surface area contributed by atoms with E-state index in [4.69, 9.17) is 4.74 Å². The highest BCUT2D eigenvalue weighted by Gasteiger charge is 2.53. The molecule has 3 rings (SSSR count). The molecule has 2 atom stereocenters. The molecule has 2 unspecified atom stereocenters. The van der Waals surface area contributed by atoms with Gasteiger partial charge in [-0.1, -0.05) is 30.3 Å². The third-order valence-electron chi connectivity index (χ3n) is 4.34. The second-order valence-electron chi connectivity index (χ2n) is 6.04. The summed E-state index contributed by atoms with van der Waals surface area (Å²) in [5, 5.41) is -0.143. The summed E-state index contributed by atoms with van der Waals surface area (Å²) in [6, 6.07) is 9.51. The second kappa shape index (κ2) is 6.81. The molecule has 0 radical (unpaired) electrons. The smallest absolute Gasteiger partial charge is 0.354 e. The van der Waals surface area contributed by atoms with Gasteiger partial charge in [0.15, 0.2) is 0 Å². The van der Waals surface area contributed by atoms with Crippen molar-refractivity contribution in [2.45, 2.75) is 25.1 Å². The number of methoxy groups -OCH3 is 1. The van der Waals surface area contributed by atoms with Crippen molar-refractivity contribution in [2.75, 3.05) is 12.9 Å².